The number of hydrogen-bond acceptors (Lipinski definition) is 4. The molecule has 0 bridgehead atoms. The van der Waals surface area contributed by atoms with Gasteiger partial charge >= 0.3 is 0 Å². The van der Waals surface area contributed by atoms with Gasteiger partial charge in [-0.25, -0.2) is 0 Å². The third kappa shape index (κ3) is 2.36. The van der Waals surface area contributed by atoms with Gasteiger partial charge in [0, 0.05) is 25.9 Å². The lowest BCUT2D eigenvalue weighted by atomic mass is 10.3. The molecule has 2 aromatic heterocycles. The molecule has 16 heavy (non-hydrogen) atoms. The summed E-state index contributed by atoms with van der Waals surface area (Å²) >= 11 is 5.65. The molecule has 6 heteroatoms. The molecule has 0 radical (unpaired) electrons. The zero-order chi connectivity index (χ0) is 11.5. The first-order valence-electron chi connectivity index (χ1n) is 4.88. The first kappa shape index (κ1) is 11.0. The van der Waals surface area contributed by atoms with Gasteiger partial charge < -0.3 is 9.32 Å². The van der Waals surface area contributed by atoms with Crippen molar-refractivity contribution in [3.63, 3.8) is 0 Å². The highest BCUT2D eigenvalue weighted by Gasteiger charge is 2.09. The van der Waals surface area contributed by atoms with Crippen molar-refractivity contribution in [3.8, 4) is 0 Å². The molecule has 86 valence electrons. The summed E-state index contributed by atoms with van der Waals surface area (Å²) in [5, 5.41) is 4.10. The van der Waals surface area contributed by atoms with Crippen molar-refractivity contribution in [1.82, 2.24) is 14.8 Å². The molecule has 0 unspecified atom stereocenters. The second kappa shape index (κ2) is 4.57. The SMILES string of the molecule is CN(Cc1cnn(C)c1)c1nc(CCl)co1. The van der Waals surface area contributed by atoms with Gasteiger partial charge in [-0.3, -0.25) is 4.68 Å². The van der Waals surface area contributed by atoms with Crippen molar-refractivity contribution < 1.29 is 4.42 Å². The predicted molar refractivity (Wildman–Crippen MR) is 61.4 cm³/mol. The summed E-state index contributed by atoms with van der Waals surface area (Å²) in [5.41, 5.74) is 1.85. The maximum Gasteiger partial charge on any atom is 0.297 e. The van der Waals surface area contributed by atoms with Crippen LogP contribution in [0.1, 0.15) is 11.3 Å². The molecule has 2 heterocycles. The minimum atomic E-state index is 0.365. The molecule has 2 rings (SSSR count). The van der Waals surface area contributed by atoms with Crippen LogP contribution in [0.25, 0.3) is 0 Å². The summed E-state index contributed by atoms with van der Waals surface area (Å²) in [6, 6.07) is 0.569. The first-order chi connectivity index (χ1) is 7.69. The molecule has 0 aliphatic rings. The lowest BCUT2D eigenvalue weighted by molar-refractivity contribution is 0.544. The number of alkyl halides is 1. The molecule has 0 saturated carbocycles. The number of rotatable bonds is 4. The molecule has 0 aliphatic carbocycles. The lowest BCUT2D eigenvalue weighted by Crippen LogP contribution is -2.16. The fourth-order valence-electron chi connectivity index (χ4n) is 1.43. The maximum atomic E-state index is 5.65. The minimum absolute atomic E-state index is 0.365. The van der Waals surface area contributed by atoms with E-state index in [0.717, 1.165) is 11.3 Å². The Kier molecular flexibility index (Phi) is 3.14. The number of anilines is 1. The van der Waals surface area contributed by atoms with E-state index in [-0.39, 0.29) is 0 Å². The van der Waals surface area contributed by atoms with Gasteiger partial charge in [-0.2, -0.15) is 10.1 Å². The Morgan fingerprint density at radius 1 is 1.56 bits per heavy atom. The van der Waals surface area contributed by atoms with Gasteiger partial charge in [0.1, 0.15) is 6.26 Å². The van der Waals surface area contributed by atoms with Crippen molar-refractivity contribution >= 4 is 17.6 Å². The zero-order valence-corrected chi connectivity index (χ0v) is 9.98. The Bertz CT molecular complexity index is 465. The van der Waals surface area contributed by atoms with E-state index in [1.807, 2.05) is 31.4 Å². The smallest absolute Gasteiger partial charge is 0.297 e. The fraction of sp³-hybridized carbons (Fsp3) is 0.400. The maximum absolute atomic E-state index is 5.65. The van der Waals surface area contributed by atoms with Crippen LogP contribution in [0.4, 0.5) is 6.01 Å². The van der Waals surface area contributed by atoms with Crippen molar-refractivity contribution in [3.05, 3.63) is 29.9 Å². The Morgan fingerprint density at radius 3 is 2.94 bits per heavy atom. The average molecular weight is 241 g/mol. The van der Waals surface area contributed by atoms with Crippen molar-refractivity contribution in [2.45, 2.75) is 12.4 Å². The Morgan fingerprint density at radius 2 is 2.38 bits per heavy atom. The lowest BCUT2D eigenvalue weighted by Gasteiger charge is -2.12. The zero-order valence-electron chi connectivity index (χ0n) is 9.22. The van der Waals surface area contributed by atoms with Crippen LogP contribution in [0, 0.1) is 0 Å². The number of oxazole rings is 1. The number of nitrogens with zero attached hydrogens (tertiary/aromatic N) is 4. The van der Waals surface area contributed by atoms with E-state index >= 15 is 0 Å². The van der Waals surface area contributed by atoms with Gasteiger partial charge in [0.25, 0.3) is 6.01 Å². The molecule has 0 N–H and O–H groups in total. The van der Waals surface area contributed by atoms with E-state index in [1.54, 1.807) is 10.9 Å². The normalized spacial score (nSPS) is 10.7. The van der Waals surface area contributed by atoms with E-state index < -0.39 is 0 Å². The second-order valence-electron chi connectivity index (χ2n) is 3.63. The summed E-state index contributed by atoms with van der Waals surface area (Å²) in [7, 11) is 3.80. The third-order valence-electron chi connectivity index (χ3n) is 2.18. The highest BCUT2D eigenvalue weighted by molar-refractivity contribution is 6.16. The van der Waals surface area contributed by atoms with E-state index in [2.05, 4.69) is 10.1 Å². The highest BCUT2D eigenvalue weighted by atomic mass is 35.5. The van der Waals surface area contributed by atoms with Gasteiger partial charge in [0.2, 0.25) is 0 Å². The van der Waals surface area contributed by atoms with Crippen LogP contribution < -0.4 is 4.90 Å². The van der Waals surface area contributed by atoms with E-state index in [1.165, 1.54) is 0 Å². The van der Waals surface area contributed by atoms with Crippen LogP contribution in [0.15, 0.2) is 23.1 Å². The highest BCUT2D eigenvalue weighted by Crippen LogP contribution is 2.15. The first-order valence-corrected chi connectivity index (χ1v) is 5.41. The van der Waals surface area contributed by atoms with Crippen molar-refractivity contribution in [2.24, 2.45) is 7.05 Å². The molecule has 2 aromatic rings. The molecule has 0 fully saturated rings. The second-order valence-corrected chi connectivity index (χ2v) is 3.90. The average Bonchev–Trinajstić information content (AvgIpc) is 2.87. The van der Waals surface area contributed by atoms with E-state index in [4.69, 9.17) is 16.0 Å². The molecular weight excluding hydrogens is 228 g/mol. The summed E-state index contributed by atoms with van der Waals surface area (Å²) in [6.45, 7) is 0.704. The van der Waals surface area contributed by atoms with Gasteiger partial charge in [0.05, 0.1) is 24.3 Å². The van der Waals surface area contributed by atoms with Crippen molar-refractivity contribution in [1.29, 1.82) is 0 Å². The van der Waals surface area contributed by atoms with Crippen LogP contribution in [0.5, 0.6) is 0 Å². The molecule has 5 nitrogen and oxygen atoms in total. The quantitative estimate of drug-likeness (QED) is 0.765. The monoisotopic (exact) mass is 240 g/mol. The number of halogens is 1. The van der Waals surface area contributed by atoms with Crippen LogP contribution >= 0.6 is 11.6 Å². The van der Waals surface area contributed by atoms with Gasteiger partial charge in [-0.05, 0) is 0 Å². The van der Waals surface area contributed by atoms with Gasteiger partial charge in [-0.15, -0.1) is 11.6 Å². The topological polar surface area (TPSA) is 47.1 Å². The Hall–Kier alpha value is -1.49. The molecule has 0 amide bonds. The van der Waals surface area contributed by atoms with Gasteiger partial charge in [0.15, 0.2) is 0 Å². The molecule has 0 aliphatic heterocycles. The van der Waals surface area contributed by atoms with Gasteiger partial charge in [-0.1, -0.05) is 0 Å². The standard InChI is InChI=1S/C10H13ClN4O/c1-14(5-8-4-12-15(2)6-8)10-13-9(3-11)7-16-10/h4,6-7H,3,5H2,1-2H3. The summed E-state index contributed by atoms with van der Waals surface area (Å²) < 4.78 is 7.07. The fourth-order valence-corrected chi connectivity index (χ4v) is 1.55. The molecular formula is C10H13ClN4O. The van der Waals surface area contributed by atoms with E-state index in [9.17, 15) is 0 Å². The van der Waals surface area contributed by atoms with Crippen LogP contribution in [-0.2, 0) is 19.5 Å². The summed E-state index contributed by atoms with van der Waals surface area (Å²) in [6.07, 6.45) is 5.35. The number of aryl methyl sites for hydroxylation is 1. The molecule has 0 aromatic carbocycles. The molecule has 0 atom stereocenters. The summed E-state index contributed by atoms with van der Waals surface area (Å²) in [4.78, 5) is 6.14. The predicted octanol–water partition coefficient (Wildman–Crippen LogP) is 1.78. The van der Waals surface area contributed by atoms with Crippen LogP contribution in [0.2, 0.25) is 0 Å². The summed E-state index contributed by atoms with van der Waals surface area (Å²) in [5.74, 6) is 0.365. The van der Waals surface area contributed by atoms with Crippen LogP contribution in [0.3, 0.4) is 0 Å². The third-order valence-corrected chi connectivity index (χ3v) is 2.46. The van der Waals surface area contributed by atoms with Crippen molar-refractivity contribution in [2.75, 3.05) is 11.9 Å². The molecule has 0 spiro atoms. The largest absolute Gasteiger partial charge is 0.432 e. The Balaban J connectivity index is 2.05. The number of hydrogen-bond donors (Lipinski definition) is 0. The number of aromatic nitrogens is 3. The molecule has 0 saturated heterocycles. The van der Waals surface area contributed by atoms with E-state index in [0.29, 0.717) is 18.4 Å². The minimum Gasteiger partial charge on any atom is -0.432 e. The van der Waals surface area contributed by atoms with Crippen LogP contribution in [-0.4, -0.2) is 21.8 Å². The Labute approximate surface area is 98.6 Å².